The van der Waals surface area contributed by atoms with Crippen LogP contribution in [0.2, 0.25) is 0 Å². The first-order valence-electron chi connectivity index (χ1n) is 6.32. The molecule has 94 valence electrons. The molecule has 2 nitrogen and oxygen atoms in total. The van der Waals surface area contributed by atoms with E-state index in [1.165, 1.54) is 5.56 Å². The molecule has 0 bridgehead atoms. The van der Waals surface area contributed by atoms with Gasteiger partial charge in [0.15, 0.2) is 0 Å². The van der Waals surface area contributed by atoms with Crippen LogP contribution in [0, 0.1) is 0 Å². The van der Waals surface area contributed by atoms with Gasteiger partial charge in [0.2, 0.25) is 0 Å². The van der Waals surface area contributed by atoms with E-state index in [1.807, 2.05) is 12.1 Å². The third kappa shape index (κ3) is 5.53. The molecule has 0 spiro atoms. The number of unbranched alkanes of at least 4 members (excludes halogenated alkanes) is 1. The monoisotopic (exact) mass is 234 g/mol. The van der Waals surface area contributed by atoms with Gasteiger partial charge in [0.1, 0.15) is 11.5 Å². The second kappa shape index (κ2) is 7.10. The average Bonchev–Trinajstić information content (AvgIpc) is 2.28. The molecule has 0 aliphatic rings. The molecule has 0 unspecified atom stereocenters. The summed E-state index contributed by atoms with van der Waals surface area (Å²) in [7, 11) is 0. The van der Waals surface area contributed by atoms with Gasteiger partial charge in [0.05, 0.1) is 6.61 Å². The predicted octanol–water partition coefficient (Wildman–Crippen LogP) is 3.95. The number of ketones is 1. The van der Waals surface area contributed by atoms with Crippen LogP contribution >= 0.6 is 0 Å². The summed E-state index contributed by atoms with van der Waals surface area (Å²) in [6.45, 7) is 6.67. The van der Waals surface area contributed by atoms with Crippen molar-refractivity contribution in [3.05, 3.63) is 29.8 Å². The number of rotatable bonds is 7. The number of carbonyl (C=O) groups excluding carboxylic acids is 1. The fourth-order valence-electron chi connectivity index (χ4n) is 1.63. The lowest BCUT2D eigenvalue weighted by molar-refractivity contribution is -0.117. The van der Waals surface area contributed by atoms with E-state index in [0.29, 0.717) is 18.9 Å². The number of hydrogen-bond acceptors (Lipinski definition) is 2. The van der Waals surface area contributed by atoms with Crippen LogP contribution in [0.5, 0.6) is 5.75 Å². The predicted molar refractivity (Wildman–Crippen MR) is 70.6 cm³/mol. The zero-order valence-corrected chi connectivity index (χ0v) is 11.0. The molecule has 0 heterocycles. The average molecular weight is 234 g/mol. The van der Waals surface area contributed by atoms with Crippen molar-refractivity contribution >= 4 is 5.78 Å². The first-order chi connectivity index (χ1) is 8.09. The number of carbonyl (C=O) groups is 1. The molecule has 0 aliphatic heterocycles. The molecule has 0 fully saturated rings. The molecule has 0 N–H and O–H groups in total. The van der Waals surface area contributed by atoms with Crippen LogP contribution in [0.15, 0.2) is 24.3 Å². The van der Waals surface area contributed by atoms with Crippen molar-refractivity contribution in [3.8, 4) is 5.75 Å². The highest BCUT2D eigenvalue weighted by molar-refractivity contribution is 5.75. The Morgan fingerprint density at radius 1 is 1.29 bits per heavy atom. The van der Waals surface area contributed by atoms with Gasteiger partial charge in [-0.25, -0.2) is 0 Å². The smallest absolute Gasteiger partial charge is 0.129 e. The molecule has 0 radical (unpaired) electrons. The Morgan fingerprint density at radius 3 is 2.71 bits per heavy atom. The quantitative estimate of drug-likeness (QED) is 0.668. The molecular formula is C15H22O2. The number of ether oxygens (including phenoxy) is 1. The highest BCUT2D eigenvalue weighted by atomic mass is 16.5. The first-order valence-corrected chi connectivity index (χ1v) is 6.32. The van der Waals surface area contributed by atoms with Crippen molar-refractivity contribution in [1.82, 2.24) is 0 Å². The maximum absolute atomic E-state index is 10.8. The summed E-state index contributed by atoms with van der Waals surface area (Å²) in [6.07, 6.45) is 2.51. The minimum atomic E-state index is 0.256. The Morgan fingerprint density at radius 2 is 2.06 bits per heavy atom. The zero-order chi connectivity index (χ0) is 12.7. The van der Waals surface area contributed by atoms with E-state index < -0.39 is 0 Å². The van der Waals surface area contributed by atoms with Crippen LogP contribution in [0.1, 0.15) is 51.5 Å². The maximum atomic E-state index is 10.8. The normalized spacial score (nSPS) is 10.6. The lowest BCUT2D eigenvalue weighted by Crippen LogP contribution is -1.99. The van der Waals surface area contributed by atoms with Crippen molar-refractivity contribution < 1.29 is 9.53 Å². The Bertz CT molecular complexity index is 356. The van der Waals surface area contributed by atoms with Crippen LogP contribution in [-0.4, -0.2) is 12.4 Å². The Kier molecular flexibility index (Phi) is 5.75. The lowest BCUT2D eigenvalue weighted by Gasteiger charge is -2.09. The van der Waals surface area contributed by atoms with E-state index in [9.17, 15) is 4.79 Å². The summed E-state index contributed by atoms with van der Waals surface area (Å²) in [5.41, 5.74) is 1.30. The summed E-state index contributed by atoms with van der Waals surface area (Å²) in [5, 5.41) is 0. The fourth-order valence-corrected chi connectivity index (χ4v) is 1.63. The number of Topliss-reactive ketones (excluding diaryl/α,β-unsaturated/α-hetero) is 1. The van der Waals surface area contributed by atoms with E-state index >= 15 is 0 Å². The molecule has 17 heavy (non-hydrogen) atoms. The standard InChI is InChI=1S/C15H22O2/c1-12(2)14-8-6-9-15(11-14)17-10-5-4-7-13(3)16/h6,8-9,11-12H,4-5,7,10H2,1-3H3. The van der Waals surface area contributed by atoms with Crippen molar-refractivity contribution in [1.29, 1.82) is 0 Å². The number of hydrogen-bond donors (Lipinski definition) is 0. The Hall–Kier alpha value is -1.31. The van der Waals surface area contributed by atoms with E-state index in [2.05, 4.69) is 26.0 Å². The van der Waals surface area contributed by atoms with Gasteiger partial charge in [0.25, 0.3) is 0 Å². The Labute approximate surface area is 104 Å². The molecule has 0 atom stereocenters. The summed E-state index contributed by atoms with van der Waals surface area (Å²) in [4.78, 5) is 10.8. The van der Waals surface area contributed by atoms with Crippen LogP contribution < -0.4 is 4.74 Å². The van der Waals surface area contributed by atoms with E-state index in [0.717, 1.165) is 18.6 Å². The summed E-state index contributed by atoms with van der Waals surface area (Å²) in [6, 6.07) is 8.22. The molecule has 0 amide bonds. The molecule has 1 aromatic carbocycles. The molecule has 0 aliphatic carbocycles. The minimum Gasteiger partial charge on any atom is -0.494 e. The van der Waals surface area contributed by atoms with Crippen molar-refractivity contribution in [2.24, 2.45) is 0 Å². The van der Waals surface area contributed by atoms with Crippen molar-refractivity contribution in [2.45, 2.75) is 46.0 Å². The maximum Gasteiger partial charge on any atom is 0.129 e. The SMILES string of the molecule is CC(=O)CCCCOc1cccc(C(C)C)c1. The van der Waals surface area contributed by atoms with E-state index in [4.69, 9.17) is 4.74 Å². The first kappa shape index (κ1) is 13.8. The molecular weight excluding hydrogens is 212 g/mol. The van der Waals surface area contributed by atoms with Gasteiger partial charge in [-0.2, -0.15) is 0 Å². The van der Waals surface area contributed by atoms with Crippen LogP contribution in [-0.2, 0) is 4.79 Å². The topological polar surface area (TPSA) is 26.3 Å². The van der Waals surface area contributed by atoms with E-state index in [-0.39, 0.29) is 5.78 Å². The molecule has 0 aromatic heterocycles. The highest BCUT2D eigenvalue weighted by Crippen LogP contribution is 2.20. The van der Waals surface area contributed by atoms with Gasteiger partial charge in [0, 0.05) is 6.42 Å². The molecule has 0 saturated heterocycles. The summed E-state index contributed by atoms with van der Waals surface area (Å²) in [5.74, 6) is 1.71. The minimum absolute atomic E-state index is 0.256. The van der Waals surface area contributed by atoms with Crippen LogP contribution in [0.25, 0.3) is 0 Å². The second-order valence-electron chi connectivity index (χ2n) is 4.73. The van der Waals surface area contributed by atoms with Crippen molar-refractivity contribution in [2.75, 3.05) is 6.61 Å². The van der Waals surface area contributed by atoms with Gasteiger partial charge < -0.3 is 9.53 Å². The van der Waals surface area contributed by atoms with Crippen molar-refractivity contribution in [3.63, 3.8) is 0 Å². The number of benzene rings is 1. The van der Waals surface area contributed by atoms with E-state index in [1.54, 1.807) is 6.92 Å². The van der Waals surface area contributed by atoms with Gasteiger partial charge in [-0.15, -0.1) is 0 Å². The summed E-state index contributed by atoms with van der Waals surface area (Å²) >= 11 is 0. The zero-order valence-electron chi connectivity index (χ0n) is 11.0. The third-order valence-electron chi connectivity index (χ3n) is 2.72. The Balaban J connectivity index is 2.31. The molecule has 1 aromatic rings. The third-order valence-corrected chi connectivity index (χ3v) is 2.72. The largest absolute Gasteiger partial charge is 0.494 e. The fraction of sp³-hybridized carbons (Fsp3) is 0.533. The van der Waals surface area contributed by atoms with Crippen LogP contribution in [0.4, 0.5) is 0 Å². The molecule has 0 saturated carbocycles. The van der Waals surface area contributed by atoms with Gasteiger partial charge >= 0.3 is 0 Å². The second-order valence-corrected chi connectivity index (χ2v) is 4.73. The lowest BCUT2D eigenvalue weighted by atomic mass is 10.0. The van der Waals surface area contributed by atoms with Gasteiger partial charge in [-0.05, 0) is 43.4 Å². The molecule has 2 heteroatoms. The van der Waals surface area contributed by atoms with Gasteiger partial charge in [-0.3, -0.25) is 0 Å². The van der Waals surface area contributed by atoms with Crippen LogP contribution in [0.3, 0.4) is 0 Å². The molecule has 1 rings (SSSR count). The highest BCUT2D eigenvalue weighted by Gasteiger charge is 2.01. The summed E-state index contributed by atoms with van der Waals surface area (Å²) < 4.78 is 5.67. The van der Waals surface area contributed by atoms with Gasteiger partial charge in [-0.1, -0.05) is 26.0 Å².